The molecule has 0 spiro atoms. The van der Waals surface area contributed by atoms with Gasteiger partial charge in [-0.1, -0.05) is 0 Å². The maximum Gasteiger partial charge on any atom is 0.328 e. The number of nitrogens with zero attached hydrogens (tertiary/aromatic N) is 2. The van der Waals surface area contributed by atoms with Crippen LogP contribution in [0.3, 0.4) is 0 Å². The van der Waals surface area contributed by atoms with Gasteiger partial charge in [0.25, 0.3) is 0 Å². The Morgan fingerprint density at radius 3 is 1.56 bits per heavy atom. The SMILES string of the molecule is CC(=O)OCOC(=O)CN(CCOCCOc1cc(-c2c3ccc(=O)cc-3oc3cc(OCOC(C)=O)ccc23)c(C)cc1N(CC(=O)OCOC(C)=O)CC(=O)OCOC(C)=O)CC(=O)OCOC(C)=O. The number of esters is 9. The molecule has 0 radical (unpaired) electrons. The first-order valence-electron chi connectivity index (χ1n) is 21.5. The molecule has 4 rings (SSSR count). The third-order valence-corrected chi connectivity index (χ3v) is 9.38. The lowest BCUT2D eigenvalue weighted by Gasteiger charge is -2.27. The van der Waals surface area contributed by atoms with Crippen LogP contribution in [0.1, 0.15) is 40.2 Å². The van der Waals surface area contributed by atoms with E-state index < -0.39 is 107 Å². The highest BCUT2D eigenvalue weighted by molar-refractivity contribution is 6.03. The lowest BCUT2D eigenvalue weighted by atomic mass is 9.90. The van der Waals surface area contributed by atoms with Crippen molar-refractivity contribution >= 4 is 70.4 Å². The molecule has 0 saturated heterocycles. The molecule has 2 aromatic rings. The molecule has 0 unspecified atom stereocenters. The summed E-state index contributed by atoms with van der Waals surface area (Å²) in [5.74, 6) is -6.51. The summed E-state index contributed by atoms with van der Waals surface area (Å²) in [6.07, 6.45) is 0. The number of anilines is 1. The zero-order valence-corrected chi connectivity index (χ0v) is 40.1. The third kappa shape index (κ3) is 19.2. The summed E-state index contributed by atoms with van der Waals surface area (Å²) in [5.41, 5.74) is 2.14. The predicted molar refractivity (Wildman–Crippen MR) is 242 cm³/mol. The number of hydrogen-bond donors (Lipinski definition) is 0. The minimum absolute atomic E-state index is 0.0521. The molecule has 25 heteroatoms. The normalized spacial score (nSPS) is 10.7. The van der Waals surface area contributed by atoms with Gasteiger partial charge in [-0.05, 0) is 54.4 Å². The van der Waals surface area contributed by atoms with E-state index in [1.807, 2.05) is 0 Å². The van der Waals surface area contributed by atoms with Crippen molar-refractivity contribution in [2.45, 2.75) is 41.5 Å². The summed E-state index contributed by atoms with van der Waals surface area (Å²) in [6, 6.07) is 12.3. The first kappa shape index (κ1) is 56.3. The van der Waals surface area contributed by atoms with Crippen LogP contribution in [-0.4, -0.2) is 145 Å². The molecule has 0 fully saturated rings. The Morgan fingerprint density at radius 1 is 0.514 bits per heavy atom. The van der Waals surface area contributed by atoms with Crippen LogP contribution in [0.15, 0.2) is 57.7 Å². The van der Waals surface area contributed by atoms with Crippen LogP contribution in [0.4, 0.5) is 5.69 Å². The molecule has 2 aliphatic rings. The summed E-state index contributed by atoms with van der Waals surface area (Å²) in [7, 11) is 0. The Morgan fingerprint density at radius 2 is 1.03 bits per heavy atom. The minimum atomic E-state index is -0.947. The van der Waals surface area contributed by atoms with E-state index in [-0.39, 0.29) is 67.1 Å². The van der Waals surface area contributed by atoms with Gasteiger partial charge in [0, 0.05) is 69.8 Å². The second kappa shape index (κ2) is 28.4. The van der Waals surface area contributed by atoms with Gasteiger partial charge < -0.3 is 66.2 Å². The Hall–Kier alpha value is -8.32. The monoisotopic (exact) mass is 1010 g/mol. The molecule has 0 bridgehead atoms. The summed E-state index contributed by atoms with van der Waals surface area (Å²) < 4.78 is 67.5. The van der Waals surface area contributed by atoms with E-state index in [1.165, 1.54) is 28.9 Å². The van der Waals surface area contributed by atoms with E-state index in [1.54, 1.807) is 43.3 Å². The van der Waals surface area contributed by atoms with Crippen LogP contribution in [0.25, 0.3) is 33.4 Å². The Kier molecular flexibility index (Phi) is 22.2. The molecule has 0 atom stereocenters. The van der Waals surface area contributed by atoms with Crippen LogP contribution in [0.2, 0.25) is 0 Å². The van der Waals surface area contributed by atoms with E-state index in [0.717, 1.165) is 27.7 Å². The lowest BCUT2D eigenvalue weighted by molar-refractivity contribution is -0.170. The fraction of sp³-hybridized carbons (Fsp3) is 0.404. The number of ether oxygens (including phenoxy) is 12. The van der Waals surface area contributed by atoms with Crippen molar-refractivity contribution in [1.29, 1.82) is 0 Å². The van der Waals surface area contributed by atoms with Gasteiger partial charge in [0.15, 0.2) is 5.43 Å². The van der Waals surface area contributed by atoms with Crippen LogP contribution in [0.5, 0.6) is 11.5 Å². The van der Waals surface area contributed by atoms with Gasteiger partial charge in [-0.25, -0.2) is 0 Å². The van der Waals surface area contributed by atoms with Crippen molar-refractivity contribution in [2.24, 2.45) is 0 Å². The molecular weight excluding hydrogens is 961 g/mol. The van der Waals surface area contributed by atoms with Crippen molar-refractivity contribution in [3.63, 3.8) is 0 Å². The van der Waals surface area contributed by atoms with Crippen molar-refractivity contribution < 1.29 is 104 Å². The Bertz CT molecular complexity index is 2560. The molecular formula is C47H52N2O23. The lowest BCUT2D eigenvalue weighted by Crippen LogP contribution is -2.38. The molecule has 1 aliphatic carbocycles. The van der Waals surface area contributed by atoms with Crippen LogP contribution in [0, 0.1) is 6.92 Å². The van der Waals surface area contributed by atoms with Gasteiger partial charge in [-0.3, -0.25) is 52.8 Å². The smallest absolute Gasteiger partial charge is 0.328 e. The van der Waals surface area contributed by atoms with Gasteiger partial charge in [0.1, 0.15) is 42.5 Å². The van der Waals surface area contributed by atoms with E-state index in [4.69, 9.17) is 51.8 Å². The quantitative estimate of drug-likeness (QED) is 0.0259. The molecule has 388 valence electrons. The van der Waals surface area contributed by atoms with Crippen molar-refractivity contribution in [3.05, 3.63) is 64.3 Å². The van der Waals surface area contributed by atoms with Crippen molar-refractivity contribution in [1.82, 2.24) is 4.90 Å². The third-order valence-electron chi connectivity index (χ3n) is 9.38. The molecule has 2 aromatic carbocycles. The maximum atomic E-state index is 13.2. The van der Waals surface area contributed by atoms with E-state index in [2.05, 4.69) is 9.47 Å². The Labute approximate surface area is 410 Å². The number of aryl methyl sites for hydroxylation is 1. The fourth-order valence-electron chi connectivity index (χ4n) is 6.23. The van der Waals surface area contributed by atoms with Gasteiger partial charge >= 0.3 is 53.7 Å². The molecule has 1 heterocycles. The zero-order valence-electron chi connectivity index (χ0n) is 40.1. The highest BCUT2D eigenvalue weighted by Gasteiger charge is 2.26. The second-order valence-electron chi connectivity index (χ2n) is 14.9. The summed E-state index contributed by atoms with van der Waals surface area (Å²) in [5, 5.41) is 0.529. The van der Waals surface area contributed by atoms with Crippen molar-refractivity contribution in [3.8, 4) is 33.9 Å². The maximum absolute atomic E-state index is 13.2. The van der Waals surface area contributed by atoms with E-state index in [9.17, 15) is 47.9 Å². The average Bonchev–Trinajstić information content (AvgIpc) is 3.28. The molecule has 72 heavy (non-hydrogen) atoms. The summed E-state index contributed by atoms with van der Waals surface area (Å²) in [4.78, 5) is 123. The second-order valence-corrected chi connectivity index (χ2v) is 14.9. The number of benzene rings is 3. The van der Waals surface area contributed by atoms with Crippen LogP contribution in [-0.2, 0) is 90.5 Å². The highest BCUT2D eigenvalue weighted by atomic mass is 16.7. The molecule has 0 amide bonds. The van der Waals surface area contributed by atoms with Gasteiger partial charge in [0.2, 0.25) is 34.0 Å². The first-order valence-corrected chi connectivity index (χ1v) is 21.5. The van der Waals surface area contributed by atoms with E-state index in [0.29, 0.717) is 27.6 Å². The average molecular weight is 1010 g/mol. The zero-order chi connectivity index (χ0) is 52.7. The number of carbonyl (C=O) groups is 9. The highest BCUT2D eigenvalue weighted by Crippen LogP contribution is 2.45. The van der Waals surface area contributed by atoms with Crippen molar-refractivity contribution in [2.75, 3.05) is 91.4 Å². The Balaban J connectivity index is 1.72. The number of fused-ring (bicyclic) bond motifs is 2. The predicted octanol–water partition coefficient (Wildman–Crippen LogP) is 2.53. The molecule has 1 aliphatic heterocycles. The summed E-state index contributed by atoms with van der Waals surface area (Å²) >= 11 is 0. The number of carbonyl (C=O) groups excluding carboxylic acids is 9. The fourth-order valence-corrected chi connectivity index (χ4v) is 6.23. The summed E-state index contributed by atoms with van der Waals surface area (Å²) in [6.45, 7) is 1.45. The molecule has 0 aromatic heterocycles. The number of hydrogen-bond acceptors (Lipinski definition) is 25. The molecule has 0 N–H and O–H groups in total. The van der Waals surface area contributed by atoms with Crippen LogP contribution < -0.4 is 19.8 Å². The standard InChI is InChI=1S/C47H52N2O23/c1-28-15-39(49(21-45(58)70-26-65-32(5)53)22-46(59)71-27-66-33(6)54)42(61-14-13-60-12-11-48(19-43(56)68-24-63-30(3)51)20-44(57)69-25-64-31(4)52)18-38(28)47-36-9-7-34(55)16-40(36)72-41-17-35(8-10-37(41)47)67-23-62-29(2)50/h7-10,15-18H,11-14,19-27H2,1-6H3. The number of rotatable bonds is 28. The largest absolute Gasteiger partial charge is 0.489 e. The topological polar surface area (TPSA) is 301 Å². The minimum Gasteiger partial charge on any atom is -0.489 e. The van der Waals surface area contributed by atoms with Gasteiger partial charge in [-0.15, -0.1) is 0 Å². The van der Waals surface area contributed by atoms with Gasteiger partial charge in [0.05, 0.1) is 32.0 Å². The van der Waals surface area contributed by atoms with E-state index >= 15 is 0 Å². The first-order chi connectivity index (χ1) is 34.3. The van der Waals surface area contributed by atoms with Crippen LogP contribution >= 0.6 is 0 Å². The van der Waals surface area contributed by atoms with Gasteiger partial charge in [-0.2, -0.15) is 0 Å². The molecule has 25 nitrogen and oxygen atoms in total. The molecule has 0 saturated carbocycles.